The van der Waals surface area contributed by atoms with E-state index in [1.807, 2.05) is 16.8 Å². The van der Waals surface area contributed by atoms with Crippen molar-refractivity contribution in [2.24, 2.45) is 0 Å². The molecule has 5 aromatic rings. The number of piperidine rings is 1. The molecule has 0 bridgehead atoms. The van der Waals surface area contributed by atoms with Gasteiger partial charge in [0.2, 0.25) is 11.8 Å². The molecule has 0 radical (unpaired) electrons. The maximum absolute atomic E-state index is 15.0. The highest BCUT2D eigenvalue weighted by Gasteiger charge is 2.22. The first-order valence-electron chi connectivity index (χ1n) is 13.7. The summed E-state index contributed by atoms with van der Waals surface area (Å²) in [7, 11) is 0. The van der Waals surface area contributed by atoms with E-state index in [0.717, 1.165) is 64.0 Å². The number of hydrogen-bond donors (Lipinski definition) is 2. The van der Waals surface area contributed by atoms with Crippen molar-refractivity contribution in [3.8, 4) is 17.3 Å². The van der Waals surface area contributed by atoms with E-state index in [2.05, 4.69) is 35.3 Å². The third-order valence-electron chi connectivity index (χ3n) is 7.69. The number of aromatic nitrogens is 6. The Bertz CT molecular complexity index is 1620. The van der Waals surface area contributed by atoms with Gasteiger partial charge in [0, 0.05) is 38.8 Å². The topological polar surface area (TPSA) is 128 Å². The molecule has 6 heterocycles. The van der Waals surface area contributed by atoms with Crippen molar-refractivity contribution in [1.82, 2.24) is 39.6 Å². The Balaban J connectivity index is 0.984. The molecule has 7 rings (SSSR count). The molecule has 0 amide bonds. The molecule has 40 heavy (non-hydrogen) atoms. The van der Waals surface area contributed by atoms with Crippen LogP contribution >= 0.6 is 0 Å². The molecule has 0 unspecified atom stereocenters. The Hall–Kier alpha value is -4.23. The molecule has 2 saturated heterocycles. The first-order valence-corrected chi connectivity index (χ1v) is 13.7. The normalized spacial score (nSPS) is 17.3. The zero-order chi connectivity index (χ0) is 27.1. The van der Waals surface area contributed by atoms with Crippen LogP contribution in [0.15, 0.2) is 47.2 Å². The predicted molar refractivity (Wildman–Crippen MR) is 148 cm³/mol. The highest BCUT2D eigenvalue weighted by Crippen LogP contribution is 2.27. The molecule has 3 N–H and O–H groups in total. The molecule has 2 aliphatic heterocycles. The average molecular weight is 547 g/mol. The Kier molecular flexibility index (Phi) is 6.44. The van der Waals surface area contributed by atoms with Crippen LogP contribution < -0.4 is 20.7 Å². The minimum Gasteiger partial charge on any atom is -0.490 e. The third-order valence-corrected chi connectivity index (χ3v) is 7.69. The van der Waals surface area contributed by atoms with E-state index in [-0.39, 0.29) is 17.9 Å². The number of anilines is 2. The van der Waals surface area contributed by atoms with Crippen molar-refractivity contribution in [2.45, 2.75) is 25.5 Å². The lowest BCUT2D eigenvalue weighted by Gasteiger charge is -2.36. The maximum Gasteiger partial charge on any atom is 0.225 e. The fraction of sp³-hybridized carbons (Fsp3) is 0.407. The molecule has 2 aliphatic rings. The molecule has 0 atom stereocenters. The summed E-state index contributed by atoms with van der Waals surface area (Å²) in [5.41, 5.74) is 8.09. The van der Waals surface area contributed by atoms with Gasteiger partial charge in [0.15, 0.2) is 17.1 Å². The molecule has 208 valence electrons. The summed E-state index contributed by atoms with van der Waals surface area (Å²) < 4.78 is 29.8. The smallest absolute Gasteiger partial charge is 0.225 e. The van der Waals surface area contributed by atoms with Gasteiger partial charge in [-0.3, -0.25) is 4.90 Å². The van der Waals surface area contributed by atoms with Crippen molar-refractivity contribution < 1.29 is 13.5 Å². The summed E-state index contributed by atoms with van der Waals surface area (Å²) in [5, 5.41) is 13.1. The van der Waals surface area contributed by atoms with Crippen LogP contribution in [-0.2, 0) is 6.54 Å². The summed E-state index contributed by atoms with van der Waals surface area (Å²) in [6.07, 6.45) is 5.36. The van der Waals surface area contributed by atoms with Gasteiger partial charge in [0.05, 0.1) is 30.1 Å². The Morgan fingerprint density at radius 2 is 1.90 bits per heavy atom. The van der Waals surface area contributed by atoms with E-state index in [0.29, 0.717) is 40.9 Å². The number of rotatable bonds is 7. The number of nitrogens with zero attached hydrogens (tertiary/aromatic N) is 8. The summed E-state index contributed by atoms with van der Waals surface area (Å²) >= 11 is 0. The number of ether oxygens (including phenoxy) is 1. The van der Waals surface area contributed by atoms with Crippen LogP contribution in [0, 0.1) is 5.82 Å². The molecular formula is C27H31FN10O2. The van der Waals surface area contributed by atoms with E-state index >= 15 is 4.39 Å². The molecule has 4 aromatic heterocycles. The monoisotopic (exact) mass is 546 g/mol. The van der Waals surface area contributed by atoms with Crippen LogP contribution in [0.3, 0.4) is 0 Å². The van der Waals surface area contributed by atoms with Gasteiger partial charge in [0.1, 0.15) is 17.7 Å². The zero-order valence-corrected chi connectivity index (χ0v) is 22.0. The van der Waals surface area contributed by atoms with E-state index in [9.17, 15) is 0 Å². The van der Waals surface area contributed by atoms with Crippen LogP contribution in [0.1, 0.15) is 12.8 Å². The molecule has 2 fully saturated rings. The number of nitrogen functional groups attached to an aromatic ring is 1. The summed E-state index contributed by atoms with van der Waals surface area (Å²) in [6, 6.07) is 8.84. The second-order valence-corrected chi connectivity index (χ2v) is 10.2. The second-order valence-electron chi connectivity index (χ2n) is 10.2. The average Bonchev–Trinajstić information content (AvgIpc) is 3.73. The van der Waals surface area contributed by atoms with Gasteiger partial charge in [-0.1, -0.05) is 0 Å². The van der Waals surface area contributed by atoms with E-state index < -0.39 is 0 Å². The molecule has 0 spiro atoms. The molecule has 13 heteroatoms. The van der Waals surface area contributed by atoms with Crippen LogP contribution in [0.2, 0.25) is 0 Å². The SMILES string of the molecule is Nc1nc2c(cnn2CCN2CCN(c3ccc(OC4CCNCC4)cc3F)CC2)c2nc(-c3ccco3)nn12. The lowest BCUT2D eigenvalue weighted by Crippen LogP contribution is -2.47. The number of nitrogens with two attached hydrogens (primary N) is 1. The zero-order valence-electron chi connectivity index (χ0n) is 22.0. The number of furan rings is 1. The van der Waals surface area contributed by atoms with Crippen molar-refractivity contribution in [3.05, 3.63) is 48.6 Å². The van der Waals surface area contributed by atoms with Crippen LogP contribution in [0.5, 0.6) is 5.75 Å². The first kappa shape index (κ1) is 24.8. The summed E-state index contributed by atoms with van der Waals surface area (Å²) in [4.78, 5) is 13.6. The highest BCUT2D eigenvalue weighted by molar-refractivity contribution is 5.90. The Morgan fingerprint density at radius 1 is 1.05 bits per heavy atom. The minimum absolute atomic E-state index is 0.148. The minimum atomic E-state index is -0.235. The number of fused-ring (bicyclic) bond motifs is 3. The lowest BCUT2D eigenvalue weighted by atomic mass is 10.1. The largest absolute Gasteiger partial charge is 0.490 e. The number of halogens is 1. The number of hydrogen-bond acceptors (Lipinski definition) is 10. The molecule has 12 nitrogen and oxygen atoms in total. The van der Waals surface area contributed by atoms with Gasteiger partial charge in [-0.15, -0.1) is 5.10 Å². The van der Waals surface area contributed by atoms with Gasteiger partial charge < -0.3 is 25.1 Å². The van der Waals surface area contributed by atoms with E-state index in [4.69, 9.17) is 14.9 Å². The Morgan fingerprint density at radius 3 is 2.67 bits per heavy atom. The number of piperazine rings is 1. The fourth-order valence-electron chi connectivity index (χ4n) is 5.50. The molecule has 0 saturated carbocycles. The summed E-state index contributed by atoms with van der Waals surface area (Å²) in [5.74, 6) is 1.60. The fourth-order valence-corrected chi connectivity index (χ4v) is 5.50. The highest BCUT2D eigenvalue weighted by atomic mass is 19.1. The third kappa shape index (κ3) is 4.71. The summed E-state index contributed by atoms with van der Waals surface area (Å²) in [6.45, 7) is 6.44. The van der Waals surface area contributed by atoms with Gasteiger partial charge in [-0.25, -0.2) is 14.1 Å². The van der Waals surface area contributed by atoms with Crippen molar-refractivity contribution in [3.63, 3.8) is 0 Å². The van der Waals surface area contributed by atoms with Crippen LogP contribution in [0.25, 0.3) is 28.3 Å². The molecule has 0 aliphatic carbocycles. The van der Waals surface area contributed by atoms with Crippen LogP contribution in [0.4, 0.5) is 16.0 Å². The molecule has 1 aromatic carbocycles. The number of nitrogens with one attached hydrogen (secondary N) is 1. The van der Waals surface area contributed by atoms with Crippen LogP contribution in [-0.4, -0.2) is 86.2 Å². The van der Waals surface area contributed by atoms with Crippen molar-refractivity contribution in [1.29, 1.82) is 0 Å². The molecular weight excluding hydrogens is 515 g/mol. The maximum atomic E-state index is 15.0. The van der Waals surface area contributed by atoms with Gasteiger partial charge in [-0.05, 0) is 50.2 Å². The first-order chi connectivity index (χ1) is 19.6. The van der Waals surface area contributed by atoms with Gasteiger partial charge in [-0.2, -0.15) is 14.6 Å². The van der Waals surface area contributed by atoms with Crippen molar-refractivity contribution in [2.75, 3.05) is 56.4 Å². The van der Waals surface area contributed by atoms with Crippen molar-refractivity contribution >= 4 is 28.3 Å². The Labute approximate surface area is 229 Å². The van der Waals surface area contributed by atoms with E-state index in [1.54, 1.807) is 24.6 Å². The van der Waals surface area contributed by atoms with E-state index in [1.165, 1.54) is 10.6 Å². The predicted octanol–water partition coefficient (Wildman–Crippen LogP) is 2.41. The number of benzene rings is 1. The standard InChI is InChI=1S/C27H31FN10O2/c28-21-16-19(40-18-5-7-30-8-6-18)3-4-22(21)36-12-9-35(10-13-36)11-14-37-25-20(17-31-37)26-32-24(23-2-1-15-39-23)34-38(26)27(29)33-25/h1-4,15-18,30H,5-14H2,(H2,29,33). The van der Waals surface area contributed by atoms with Gasteiger partial charge >= 0.3 is 0 Å². The second kappa shape index (κ2) is 10.4. The quantitative estimate of drug-likeness (QED) is 0.314. The lowest BCUT2D eigenvalue weighted by molar-refractivity contribution is 0.162. The van der Waals surface area contributed by atoms with Gasteiger partial charge in [0.25, 0.3) is 0 Å².